The van der Waals surface area contributed by atoms with Crippen LogP contribution in [0.5, 0.6) is 0 Å². The second-order valence-electron chi connectivity index (χ2n) is 10.9. The summed E-state index contributed by atoms with van der Waals surface area (Å²) in [4.78, 5) is 17.8. The Morgan fingerprint density at radius 3 is 2.10 bits per heavy atom. The third-order valence-corrected chi connectivity index (χ3v) is 8.05. The fourth-order valence-electron chi connectivity index (χ4n) is 6.07. The van der Waals surface area contributed by atoms with Crippen LogP contribution in [0.25, 0.3) is 11.3 Å². The largest absolute Gasteiger partial charge is 0.434 e. The monoisotopic (exact) mass is 573 g/mol. The van der Waals surface area contributed by atoms with Gasteiger partial charge in [-0.25, -0.2) is 4.79 Å². The molecule has 220 valence electrons. The molecular formula is C27H33F6N5O2. The molecule has 5 rings (SSSR count). The van der Waals surface area contributed by atoms with Crippen molar-refractivity contribution in [3.63, 3.8) is 0 Å². The summed E-state index contributed by atoms with van der Waals surface area (Å²) in [6, 6.07) is 8.44. The van der Waals surface area contributed by atoms with Crippen molar-refractivity contribution >= 4 is 11.8 Å². The van der Waals surface area contributed by atoms with Gasteiger partial charge in [-0.1, -0.05) is 12.1 Å². The number of fused-ring (bicyclic) bond motifs is 1. The van der Waals surface area contributed by atoms with E-state index in [1.165, 1.54) is 24.9 Å². The van der Waals surface area contributed by atoms with Gasteiger partial charge in [0, 0.05) is 75.4 Å². The number of likely N-dealkylation sites (tertiary alicyclic amines) is 2. The molecule has 1 amide bonds. The molecule has 0 spiro atoms. The maximum absolute atomic E-state index is 12.8. The van der Waals surface area contributed by atoms with E-state index in [2.05, 4.69) is 38.8 Å². The lowest BCUT2D eigenvalue weighted by Crippen LogP contribution is -2.48. The first-order chi connectivity index (χ1) is 18.9. The zero-order valence-electron chi connectivity index (χ0n) is 22.2. The summed E-state index contributed by atoms with van der Waals surface area (Å²) in [6.07, 6.45) is -11.5. The van der Waals surface area contributed by atoms with Gasteiger partial charge in [0.1, 0.15) is 0 Å². The number of ether oxygens (including phenoxy) is 1. The minimum Gasteiger partial charge on any atom is -0.426 e. The van der Waals surface area contributed by atoms with Gasteiger partial charge in [-0.05, 0) is 50.2 Å². The zero-order chi connectivity index (χ0) is 28.7. The van der Waals surface area contributed by atoms with Gasteiger partial charge in [0.15, 0.2) is 0 Å². The molecule has 2 aromatic rings. The molecular weight excluding hydrogens is 540 g/mol. The number of carbonyl (C=O) groups is 1. The van der Waals surface area contributed by atoms with Crippen LogP contribution in [0.4, 0.5) is 36.8 Å². The number of amides is 1. The highest BCUT2D eigenvalue weighted by atomic mass is 19.4. The summed E-state index contributed by atoms with van der Waals surface area (Å²) in [5.41, 5.74) is 4.15. The number of carbonyl (C=O) groups excluding carboxylic acids is 1. The van der Waals surface area contributed by atoms with Crippen LogP contribution < -0.4 is 4.90 Å². The molecule has 13 heteroatoms. The summed E-state index contributed by atoms with van der Waals surface area (Å²) in [5.74, 6) is -0.118. The van der Waals surface area contributed by atoms with Crippen molar-refractivity contribution in [2.45, 2.75) is 57.7 Å². The lowest BCUT2D eigenvalue weighted by molar-refractivity contribution is -0.308. The Morgan fingerprint density at radius 1 is 0.950 bits per heavy atom. The van der Waals surface area contributed by atoms with Crippen LogP contribution >= 0.6 is 0 Å². The number of anilines is 1. The number of benzene rings is 1. The van der Waals surface area contributed by atoms with E-state index in [0.29, 0.717) is 26.2 Å². The Bertz CT molecular complexity index is 1150. The van der Waals surface area contributed by atoms with E-state index in [4.69, 9.17) is 5.10 Å². The summed E-state index contributed by atoms with van der Waals surface area (Å²) in [6.45, 7) is 6.70. The van der Waals surface area contributed by atoms with Crippen LogP contribution in [-0.2, 0) is 17.8 Å². The van der Waals surface area contributed by atoms with Gasteiger partial charge in [0.2, 0.25) is 0 Å². The average molecular weight is 574 g/mol. The predicted octanol–water partition coefficient (Wildman–Crippen LogP) is 5.55. The second kappa shape index (κ2) is 11.1. The summed E-state index contributed by atoms with van der Waals surface area (Å²) in [5, 5.41) is 4.78. The highest BCUT2D eigenvalue weighted by Gasteiger charge is 2.60. The Morgan fingerprint density at radius 2 is 1.55 bits per heavy atom. The van der Waals surface area contributed by atoms with Gasteiger partial charge in [-0.15, -0.1) is 0 Å². The maximum atomic E-state index is 12.8. The van der Waals surface area contributed by atoms with Crippen molar-refractivity contribution < 1.29 is 35.9 Å². The van der Waals surface area contributed by atoms with Crippen molar-refractivity contribution in [3.05, 3.63) is 36.0 Å². The topological polar surface area (TPSA) is 53.8 Å². The maximum Gasteiger partial charge on any atom is 0.434 e. The first-order valence-corrected chi connectivity index (χ1v) is 13.7. The number of hydrogen-bond donors (Lipinski definition) is 0. The molecule has 1 aromatic heterocycles. The van der Waals surface area contributed by atoms with E-state index >= 15 is 0 Å². The third-order valence-electron chi connectivity index (χ3n) is 8.05. The fourth-order valence-corrected chi connectivity index (χ4v) is 6.07. The number of hydrogen-bond acceptors (Lipinski definition) is 5. The molecule has 7 nitrogen and oxygen atoms in total. The number of aryl methyl sites for hydroxylation is 1. The van der Waals surface area contributed by atoms with Crippen LogP contribution in [0, 0.1) is 11.8 Å². The van der Waals surface area contributed by atoms with Crippen LogP contribution in [0.3, 0.4) is 0 Å². The van der Waals surface area contributed by atoms with Crippen molar-refractivity contribution in [1.29, 1.82) is 0 Å². The van der Waals surface area contributed by atoms with E-state index < -0.39 is 24.5 Å². The number of rotatable bonds is 6. The average Bonchev–Trinajstić information content (AvgIpc) is 3.60. The van der Waals surface area contributed by atoms with Gasteiger partial charge < -0.3 is 14.5 Å². The molecule has 0 radical (unpaired) electrons. The summed E-state index contributed by atoms with van der Waals surface area (Å²) < 4.78 is 82.6. The first-order valence-electron chi connectivity index (χ1n) is 13.7. The SMILES string of the molecule is CCn1cc(CN2CC3CN(C(=O)OC(C(F)(F)F)C(F)(F)F)CC3C2)c(-c2ccc(N3CCCCC3)cc2)n1. The van der Waals surface area contributed by atoms with Crippen LogP contribution in [0.15, 0.2) is 30.5 Å². The molecule has 0 aliphatic carbocycles. The lowest BCUT2D eigenvalue weighted by atomic mass is 10.0. The van der Waals surface area contributed by atoms with E-state index in [1.54, 1.807) is 0 Å². The number of alkyl halides is 6. The summed E-state index contributed by atoms with van der Waals surface area (Å²) >= 11 is 0. The number of aromatic nitrogens is 2. The van der Waals surface area contributed by atoms with E-state index in [0.717, 1.165) is 34.8 Å². The molecule has 4 heterocycles. The summed E-state index contributed by atoms with van der Waals surface area (Å²) in [7, 11) is 0. The molecule has 1 aromatic carbocycles. The molecule has 3 saturated heterocycles. The second-order valence-corrected chi connectivity index (χ2v) is 10.9. The Balaban J connectivity index is 1.21. The molecule has 2 unspecified atom stereocenters. The molecule has 0 N–H and O–H groups in total. The zero-order valence-corrected chi connectivity index (χ0v) is 22.2. The highest BCUT2D eigenvalue weighted by Crippen LogP contribution is 2.38. The first kappa shape index (κ1) is 28.6. The molecule has 2 atom stereocenters. The Labute approximate surface area is 228 Å². The Kier molecular flexibility index (Phi) is 7.95. The normalized spacial score (nSPS) is 22.3. The molecule has 3 aliphatic rings. The Hall–Kier alpha value is -2.96. The van der Waals surface area contributed by atoms with E-state index in [9.17, 15) is 31.1 Å². The standard InChI is InChI=1S/C27H33F6N5O2/c1-2-38-17-21(23(34-38)18-6-8-22(9-7-18)36-10-4-3-5-11-36)14-35-12-19-15-37(16-20(19)13-35)25(39)40-24(26(28,29)30)27(31,32)33/h6-9,17,19-20,24H,2-5,10-16H2,1H3. The minimum atomic E-state index is -5.73. The van der Waals surface area contributed by atoms with Gasteiger partial charge in [-0.2, -0.15) is 31.4 Å². The van der Waals surface area contributed by atoms with Crippen molar-refractivity contribution in [3.8, 4) is 11.3 Å². The minimum absolute atomic E-state index is 0.0570. The fraction of sp³-hybridized carbons (Fsp3) is 0.630. The number of nitrogens with zero attached hydrogens (tertiary/aromatic N) is 5. The number of halogens is 6. The van der Waals surface area contributed by atoms with Crippen LogP contribution in [0.2, 0.25) is 0 Å². The van der Waals surface area contributed by atoms with Crippen LogP contribution in [-0.4, -0.2) is 83.4 Å². The van der Waals surface area contributed by atoms with Crippen LogP contribution in [0.1, 0.15) is 31.7 Å². The molecule has 3 fully saturated rings. The molecule has 0 saturated carbocycles. The molecule has 0 bridgehead atoms. The smallest absolute Gasteiger partial charge is 0.426 e. The highest BCUT2D eigenvalue weighted by molar-refractivity contribution is 5.68. The van der Waals surface area contributed by atoms with Crippen molar-refractivity contribution in [1.82, 2.24) is 19.6 Å². The van der Waals surface area contributed by atoms with Gasteiger partial charge in [-0.3, -0.25) is 9.58 Å². The quantitative estimate of drug-likeness (QED) is 0.424. The van der Waals surface area contributed by atoms with Gasteiger partial charge in [0.25, 0.3) is 6.10 Å². The van der Waals surface area contributed by atoms with Crippen molar-refractivity contribution in [2.24, 2.45) is 11.8 Å². The van der Waals surface area contributed by atoms with Gasteiger partial charge in [0.05, 0.1) is 5.69 Å². The van der Waals surface area contributed by atoms with E-state index in [-0.39, 0.29) is 24.9 Å². The molecule has 40 heavy (non-hydrogen) atoms. The van der Waals surface area contributed by atoms with Crippen molar-refractivity contribution in [2.75, 3.05) is 44.2 Å². The predicted molar refractivity (Wildman–Crippen MR) is 136 cm³/mol. The third kappa shape index (κ3) is 6.18. The lowest BCUT2D eigenvalue weighted by Gasteiger charge is -2.28. The number of piperidine rings is 1. The van der Waals surface area contributed by atoms with Gasteiger partial charge >= 0.3 is 18.4 Å². The van der Waals surface area contributed by atoms with E-state index in [1.807, 2.05) is 17.8 Å². The molecule has 3 aliphatic heterocycles.